The van der Waals surface area contributed by atoms with Crippen LogP contribution in [0, 0.1) is 11.8 Å². The van der Waals surface area contributed by atoms with E-state index in [9.17, 15) is 18.4 Å². The number of amides is 1. The molecule has 4 rings (SSSR count). The summed E-state index contributed by atoms with van der Waals surface area (Å²) in [6.07, 6.45) is 8.39. The van der Waals surface area contributed by atoms with Crippen molar-refractivity contribution in [1.29, 1.82) is 0 Å². The molecule has 2 aromatic rings. The van der Waals surface area contributed by atoms with E-state index in [2.05, 4.69) is 9.97 Å². The SMILES string of the molecule is NC(=O)c1nccc2[nH]c([C@H]3CC(F)(F)CC[C@@H]3C3CCCCCC3)cc(=O)c12. The van der Waals surface area contributed by atoms with Gasteiger partial charge >= 0.3 is 0 Å². The third kappa shape index (κ3) is 4.05. The number of nitrogens with two attached hydrogens (primary N) is 1. The zero-order valence-electron chi connectivity index (χ0n) is 16.4. The number of H-pyrrole nitrogens is 1. The second-order valence-corrected chi connectivity index (χ2v) is 8.66. The van der Waals surface area contributed by atoms with Crippen molar-refractivity contribution >= 4 is 16.8 Å². The van der Waals surface area contributed by atoms with E-state index in [4.69, 9.17) is 5.73 Å². The predicted molar refractivity (Wildman–Crippen MR) is 107 cm³/mol. The molecule has 0 aliphatic heterocycles. The summed E-state index contributed by atoms with van der Waals surface area (Å²) in [6, 6.07) is 2.97. The fourth-order valence-corrected chi connectivity index (χ4v) is 5.41. The molecule has 2 aromatic heterocycles. The van der Waals surface area contributed by atoms with E-state index < -0.39 is 23.2 Å². The molecule has 2 aliphatic carbocycles. The lowest BCUT2D eigenvalue weighted by Crippen LogP contribution is -2.35. The van der Waals surface area contributed by atoms with Crippen molar-refractivity contribution in [2.45, 2.75) is 69.6 Å². The highest BCUT2D eigenvalue weighted by Gasteiger charge is 2.45. The Balaban J connectivity index is 1.77. The molecule has 2 atom stereocenters. The van der Waals surface area contributed by atoms with Crippen molar-refractivity contribution < 1.29 is 13.6 Å². The molecule has 29 heavy (non-hydrogen) atoms. The highest BCUT2D eigenvalue weighted by molar-refractivity contribution is 6.03. The molecule has 0 bridgehead atoms. The molecule has 1 amide bonds. The minimum Gasteiger partial charge on any atom is -0.364 e. The van der Waals surface area contributed by atoms with Gasteiger partial charge in [0.05, 0.1) is 10.9 Å². The number of nitrogens with one attached hydrogen (secondary N) is 1. The lowest BCUT2D eigenvalue weighted by atomic mass is 9.68. The largest absolute Gasteiger partial charge is 0.364 e. The van der Waals surface area contributed by atoms with E-state index in [1.807, 2.05) is 0 Å². The van der Waals surface area contributed by atoms with Crippen molar-refractivity contribution in [2.24, 2.45) is 17.6 Å². The fourth-order valence-electron chi connectivity index (χ4n) is 5.41. The van der Waals surface area contributed by atoms with Crippen LogP contribution in [0.15, 0.2) is 23.1 Å². The van der Waals surface area contributed by atoms with E-state index in [1.165, 1.54) is 25.1 Å². The molecule has 5 nitrogen and oxygen atoms in total. The van der Waals surface area contributed by atoms with Crippen LogP contribution in [0.25, 0.3) is 10.9 Å². The van der Waals surface area contributed by atoms with Gasteiger partial charge in [-0.3, -0.25) is 14.6 Å². The number of alkyl halides is 2. The third-order valence-electron chi connectivity index (χ3n) is 6.78. The van der Waals surface area contributed by atoms with Gasteiger partial charge in [-0.1, -0.05) is 38.5 Å². The Morgan fingerprint density at radius 1 is 1.17 bits per heavy atom. The third-order valence-corrected chi connectivity index (χ3v) is 6.78. The van der Waals surface area contributed by atoms with E-state index >= 15 is 0 Å². The topological polar surface area (TPSA) is 88.8 Å². The van der Waals surface area contributed by atoms with Crippen LogP contribution >= 0.6 is 0 Å². The van der Waals surface area contributed by atoms with Crippen molar-refractivity contribution in [3.63, 3.8) is 0 Å². The van der Waals surface area contributed by atoms with E-state index in [0.717, 1.165) is 25.7 Å². The lowest BCUT2D eigenvalue weighted by molar-refractivity contribution is -0.0636. The maximum Gasteiger partial charge on any atom is 0.268 e. The molecule has 0 aromatic carbocycles. The molecule has 0 saturated heterocycles. The number of hydrogen-bond acceptors (Lipinski definition) is 3. The zero-order valence-corrected chi connectivity index (χ0v) is 16.4. The zero-order chi connectivity index (χ0) is 20.6. The Labute approximate surface area is 168 Å². The van der Waals surface area contributed by atoms with Crippen molar-refractivity contribution in [3.05, 3.63) is 39.9 Å². The van der Waals surface area contributed by atoms with E-state index in [1.54, 1.807) is 6.07 Å². The van der Waals surface area contributed by atoms with Crippen LogP contribution < -0.4 is 11.2 Å². The van der Waals surface area contributed by atoms with Gasteiger partial charge in [-0.2, -0.15) is 0 Å². The molecule has 0 unspecified atom stereocenters. The summed E-state index contributed by atoms with van der Waals surface area (Å²) in [7, 11) is 0. The number of aromatic nitrogens is 2. The monoisotopic (exact) mass is 403 g/mol. The van der Waals surface area contributed by atoms with Gasteiger partial charge in [0.15, 0.2) is 5.43 Å². The van der Waals surface area contributed by atoms with Crippen LogP contribution in [0.3, 0.4) is 0 Å². The first-order chi connectivity index (χ1) is 13.9. The summed E-state index contributed by atoms with van der Waals surface area (Å²) in [5.74, 6) is -3.36. The average molecular weight is 403 g/mol. The summed E-state index contributed by atoms with van der Waals surface area (Å²) < 4.78 is 28.8. The summed E-state index contributed by atoms with van der Waals surface area (Å²) >= 11 is 0. The van der Waals surface area contributed by atoms with Gasteiger partial charge < -0.3 is 10.7 Å². The first-order valence-corrected chi connectivity index (χ1v) is 10.6. The number of aromatic amines is 1. The summed E-state index contributed by atoms with van der Waals surface area (Å²) in [6.45, 7) is 0. The van der Waals surface area contributed by atoms with Gasteiger partial charge in [0.25, 0.3) is 5.91 Å². The average Bonchev–Trinajstić information content (AvgIpc) is 2.96. The number of nitrogens with zero attached hydrogens (tertiary/aromatic N) is 1. The van der Waals surface area contributed by atoms with Crippen LogP contribution in [-0.4, -0.2) is 21.8 Å². The summed E-state index contributed by atoms with van der Waals surface area (Å²) in [4.78, 5) is 31.5. The molecule has 3 N–H and O–H groups in total. The molecular formula is C22H27F2N3O2. The molecule has 2 fully saturated rings. The predicted octanol–water partition coefficient (Wildman–Crippen LogP) is 4.51. The lowest BCUT2D eigenvalue weighted by Gasteiger charge is -2.40. The smallest absolute Gasteiger partial charge is 0.268 e. The molecular weight excluding hydrogens is 376 g/mol. The van der Waals surface area contributed by atoms with Crippen molar-refractivity contribution in [2.75, 3.05) is 0 Å². The van der Waals surface area contributed by atoms with Gasteiger partial charge in [0.1, 0.15) is 5.69 Å². The normalized spacial score (nSPS) is 25.6. The fraction of sp³-hybridized carbons (Fsp3) is 0.591. The van der Waals surface area contributed by atoms with Gasteiger partial charge in [-0.05, 0) is 24.3 Å². The highest BCUT2D eigenvalue weighted by atomic mass is 19.3. The number of carbonyl (C=O) groups excluding carboxylic acids is 1. The molecule has 0 spiro atoms. The molecule has 2 aliphatic rings. The molecule has 0 radical (unpaired) electrons. The maximum absolute atomic E-state index is 14.4. The second kappa shape index (κ2) is 7.84. The number of fused-ring (bicyclic) bond motifs is 1. The summed E-state index contributed by atoms with van der Waals surface area (Å²) in [5, 5.41) is 0.123. The quantitative estimate of drug-likeness (QED) is 0.739. The minimum atomic E-state index is -2.73. The van der Waals surface area contributed by atoms with Crippen molar-refractivity contribution in [3.8, 4) is 0 Å². The van der Waals surface area contributed by atoms with Crippen LogP contribution in [0.2, 0.25) is 0 Å². The Bertz CT molecular complexity index is 964. The second-order valence-electron chi connectivity index (χ2n) is 8.66. The number of hydrogen-bond donors (Lipinski definition) is 2. The van der Waals surface area contributed by atoms with Gasteiger partial charge in [-0.15, -0.1) is 0 Å². The Kier molecular flexibility index (Phi) is 5.40. The number of pyridine rings is 2. The minimum absolute atomic E-state index is 0.0851. The number of halogens is 2. The Hall–Kier alpha value is -2.31. The highest BCUT2D eigenvalue weighted by Crippen LogP contribution is 2.50. The molecule has 2 saturated carbocycles. The standard InChI is InChI=1S/C22H27F2N3O2/c23-22(24)9-7-14(13-5-3-1-2-4-6-13)15(12-22)17-11-18(28)19-16(27-17)8-10-26-20(19)21(25)29/h8,10-11,13-15H,1-7,9,12H2,(H2,25,29)(H,27,28)/t14-,15+/m1/s1. The molecule has 7 heteroatoms. The molecule has 2 heterocycles. The number of rotatable bonds is 3. The van der Waals surface area contributed by atoms with Gasteiger partial charge in [-0.25, -0.2) is 8.78 Å². The first-order valence-electron chi connectivity index (χ1n) is 10.6. The van der Waals surface area contributed by atoms with Gasteiger partial charge in [0.2, 0.25) is 5.92 Å². The summed E-state index contributed by atoms with van der Waals surface area (Å²) in [5.41, 5.74) is 5.81. The Morgan fingerprint density at radius 3 is 2.59 bits per heavy atom. The molecule has 156 valence electrons. The van der Waals surface area contributed by atoms with Crippen LogP contribution in [0.5, 0.6) is 0 Å². The van der Waals surface area contributed by atoms with Crippen LogP contribution in [0.1, 0.15) is 79.9 Å². The van der Waals surface area contributed by atoms with Gasteiger partial charge in [0, 0.05) is 36.7 Å². The van der Waals surface area contributed by atoms with E-state index in [-0.39, 0.29) is 29.8 Å². The van der Waals surface area contributed by atoms with E-state index in [0.29, 0.717) is 23.5 Å². The number of carbonyl (C=O) groups is 1. The van der Waals surface area contributed by atoms with Crippen molar-refractivity contribution in [1.82, 2.24) is 9.97 Å². The maximum atomic E-state index is 14.4. The number of primary amides is 1. The van der Waals surface area contributed by atoms with Crippen LogP contribution in [0.4, 0.5) is 8.78 Å². The Morgan fingerprint density at radius 2 is 1.90 bits per heavy atom. The van der Waals surface area contributed by atoms with Crippen LogP contribution in [-0.2, 0) is 0 Å². The first kappa shape index (κ1) is 20.0.